The Balaban J connectivity index is 1.92. The molecule has 2 heteroatoms. The van der Waals surface area contributed by atoms with Crippen LogP contribution in [0.2, 0.25) is 0 Å². The maximum absolute atomic E-state index is 13.3. The minimum atomic E-state index is -0.259. The van der Waals surface area contributed by atoms with Gasteiger partial charge in [-0.1, -0.05) is 55.0 Å². The summed E-state index contributed by atoms with van der Waals surface area (Å²) in [5, 5.41) is 0. The molecule has 1 fully saturated rings. The van der Waals surface area contributed by atoms with Crippen molar-refractivity contribution in [1.29, 1.82) is 0 Å². The first-order valence-electron chi connectivity index (χ1n) is 8.38. The van der Waals surface area contributed by atoms with Gasteiger partial charge < -0.3 is 0 Å². The molecule has 1 unspecified atom stereocenters. The Morgan fingerprint density at radius 1 is 0.957 bits per heavy atom. The fraction of sp³-hybridized carbons (Fsp3) is 0.286. The summed E-state index contributed by atoms with van der Waals surface area (Å²) in [6, 6.07) is 18.1. The molecule has 4 rings (SSSR count). The molecule has 0 bridgehead atoms. The van der Waals surface area contributed by atoms with Gasteiger partial charge in [-0.3, -0.25) is 9.69 Å². The molecule has 1 atom stereocenters. The third-order valence-corrected chi connectivity index (χ3v) is 5.35. The molecule has 1 heterocycles. The van der Waals surface area contributed by atoms with E-state index in [0.29, 0.717) is 0 Å². The topological polar surface area (TPSA) is 20.3 Å². The third kappa shape index (κ3) is 2.13. The second-order valence-electron chi connectivity index (χ2n) is 6.65. The Labute approximate surface area is 137 Å². The zero-order valence-corrected chi connectivity index (χ0v) is 13.3. The van der Waals surface area contributed by atoms with E-state index in [4.69, 9.17) is 0 Å². The number of carbonyl (C=O) groups is 1. The van der Waals surface area contributed by atoms with Crippen molar-refractivity contribution < 1.29 is 4.79 Å². The molecule has 0 saturated heterocycles. The zero-order chi connectivity index (χ0) is 15.9. The number of rotatable bonds is 1. The number of anilines is 1. The van der Waals surface area contributed by atoms with E-state index in [0.717, 1.165) is 42.5 Å². The van der Waals surface area contributed by atoms with E-state index in [1.165, 1.54) is 12.0 Å². The fourth-order valence-corrected chi connectivity index (χ4v) is 4.18. The summed E-state index contributed by atoms with van der Waals surface area (Å²) >= 11 is 0. The first-order chi connectivity index (χ1) is 11.2. The molecular weight excluding hydrogens is 282 g/mol. The van der Waals surface area contributed by atoms with Crippen LogP contribution in [0.3, 0.4) is 0 Å². The van der Waals surface area contributed by atoms with Gasteiger partial charge >= 0.3 is 0 Å². The lowest BCUT2D eigenvalue weighted by Crippen LogP contribution is -2.58. The smallest absolute Gasteiger partial charge is 0.259 e. The Kier molecular flexibility index (Phi) is 3.33. The van der Waals surface area contributed by atoms with Crippen LogP contribution in [-0.4, -0.2) is 11.4 Å². The van der Waals surface area contributed by atoms with Gasteiger partial charge in [0.2, 0.25) is 0 Å². The summed E-state index contributed by atoms with van der Waals surface area (Å²) in [6.07, 6.45) is 5.22. The molecule has 1 saturated carbocycles. The first kappa shape index (κ1) is 14.3. The molecule has 2 aromatic carbocycles. The van der Waals surface area contributed by atoms with Crippen LogP contribution >= 0.6 is 0 Å². The van der Waals surface area contributed by atoms with Gasteiger partial charge in [-0.25, -0.2) is 0 Å². The van der Waals surface area contributed by atoms with Gasteiger partial charge in [0.1, 0.15) is 0 Å². The van der Waals surface area contributed by atoms with Crippen LogP contribution in [0.5, 0.6) is 0 Å². The molecule has 1 spiro atoms. The van der Waals surface area contributed by atoms with Crippen molar-refractivity contribution in [3.05, 3.63) is 77.9 Å². The Hall–Kier alpha value is -2.35. The van der Waals surface area contributed by atoms with E-state index >= 15 is 0 Å². The van der Waals surface area contributed by atoms with Crippen LogP contribution in [0.1, 0.15) is 41.6 Å². The summed E-state index contributed by atoms with van der Waals surface area (Å²) in [5.41, 5.74) is 3.92. The van der Waals surface area contributed by atoms with E-state index in [1.807, 2.05) is 53.4 Å². The van der Waals surface area contributed by atoms with Crippen LogP contribution in [0.4, 0.5) is 5.69 Å². The Bertz CT molecular complexity index is 764. The summed E-state index contributed by atoms with van der Waals surface area (Å²) in [5.74, 6) is 0.112. The molecule has 23 heavy (non-hydrogen) atoms. The quantitative estimate of drug-likeness (QED) is 0.696. The molecule has 0 aromatic heterocycles. The second-order valence-corrected chi connectivity index (χ2v) is 6.65. The molecule has 0 N–H and O–H groups in total. The van der Waals surface area contributed by atoms with Crippen LogP contribution in [-0.2, 0) is 6.42 Å². The molecule has 116 valence electrons. The lowest BCUT2D eigenvalue weighted by molar-refractivity contribution is 0.0940. The standard InChI is InChI=1S/C21H21NO/c1-16-9-7-8-14-21(16)15-17-10-5-6-13-19(17)20(23)22(21)18-11-3-2-4-12-18/h2-6,10-13H,1,7-9,14-15H2. The lowest BCUT2D eigenvalue weighted by atomic mass is 9.70. The highest BCUT2D eigenvalue weighted by Gasteiger charge is 2.47. The maximum Gasteiger partial charge on any atom is 0.259 e. The van der Waals surface area contributed by atoms with Crippen LogP contribution < -0.4 is 4.90 Å². The number of nitrogens with zero attached hydrogens (tertiary/aromatic N) is 1. The number of carbonyl (C=O) groups excluding carboxylic acids is 1. The van der Waals surface area contributed by atoms with Gasteiger partial charge in [-0.05, 0) is 43.0 Å². The van der Waals surface area contributed by atoms with E-state index in [9.17, 15) is 4.79 Å². The summed E-state index contributed by atoms with van der Waals surface area (Å²) in [4.78, 5) is 15.3. The minimum absolute atomic E-state index is 0.112. The lowest BCUT2D eigenvalue weighted by Gasteiger charge is -2.51. The summed E-state index contributed by atoms with van der Waals surface area (Å²) in [7, 11) is 0. The van der Waals surface area contributed by atoms with E-state index in [1.54, 1.807) is 0 Å². The number of amides is 1. The second kappa shape index (κ2) is 5.38. The molecule has 0 radical (unpaired) electrons. The van der Waals surface area contributed by atoms with Crippen molar-refractivity contribution in [2.24, 2.45) is 0 Å². The highest BCUT2D eigenvalue weighted by molar-refractivity contribution is 6.10. The fourth-order valence-electron chi connectivity index (χ4n) is 4.18. The number of para-hydroxylation sites is 1. The van der Waals surface area contributed by atoms with Crippen LogP contribution in [0.15, 0.2) is 66.7 Å². The van der Waals surface area contributed by atoms with Crippen molar-refractivity contribution >= 4 is 11.6 Å². The molecule has 2 aliphatic rings. The molecular formula is C21H21NO. The Morgan fingerprint density at radius 2 is 1.70 bits per heavy atom. The van der Waals surface area contributed by atoms with Gasteiger partial charge in [0, 0.05) is 17.7 Å². The number of benzene rings is 2. The van der Waals surface area contributed by atoms with E-state index < -0.39 is 0 Å². The average molecular weight is 303 g/mol. The summed E-state index contributed by atoms with van der Waals surface area (Å²) in [6.45, 7) is 4.38. The van der Waals surface area contributed by atoms with Gasteiger partial charge in [-0.2, -0.15) is 0 Å². The number of hydrogen-bond acceptors (Lipinski definition) is 1. The predicted octanol–water partition coefficient (Wildman–Crippen LogP) is 4.76. The van der Waals surface area contributed by atoms with Gasteiger partial charge in [0.25, 0.3) is 5.91 Å². The van der Waals surface area contributed by atoms with E-state index in [-0.39, 0.29) is 11.4 Å². The molecule has 1 aliphatic heterocycles. The number of fused-ring (bicyclic) bond motifs is 1. The van der Waals surface area contributed by atoms with Gasteiger partial charge in [0.15, 0.2) is 0 Å². The normalized spacial score (nSPS) is 23.9. The predicted molar refractivity (Wildman–Crippen MR) is 93.7 cm³/mol. The summed E-state index contributed by atoms with van der Waals surface area (Å²) < 4.78 is 0. The molecule has 1 aliphatic carbocycles. The molecule has 2 aromatic rings. The van der Waals surface area contributed by atoms with Crippen molar-refractivity contribution in [2.75, 3.05) is 4.90 Å². The zero-order valence-electron chi connectivity index (χ0n) is 13.3. The highest BCUT2D eigenvalue weighted by Crippen LogP contribution is 2.45. The monoisotopic (exact) mass is 303 g/mol. The highest BCUT2D eigenvalue weighted by atomic mass is 16.2. The Morgan fingerprint density at radius 3 is 2.48 bits per heavy atom. The van der Waals surface area contributed by atoms with E-state index in [2.05, 4.69) is 12.6 Å². The molecule has 2 nitrogen and oxygen atoms in total. The number of hydrogen-bond donors (Lipinski definition) is 0. The van der Waals surface area contributed by atoms with Crippen molar-refractivity contribution in [1.82, 2.24) is 0 Å². The maximum atomic E-state index is 13.3. The van der Waals surface area contributed by atoms with Crippen LogP contribution in [0.25, 0.3) is 0 Å². The first-order valence-corrected chi connectivity index (χ1v) is 8.38. The average Bonchev–Trinajstić information content (AvgIpc) is 2.59. The third-order valence-electron chi connectivity index (χ3n) is 5.35. The van der Waals surface area contributed by atoms with Crippen molar-refractivity contribution in [2.45, 2.75) is 37.6 Å². The minimum Gasteiger partial charge on any atom is -0.298 e. The largest absolute Gasteiger partial charge is 0.298 e. The van der Waals surface area contributed by atoms with Crippen molar-refractivity contribution in [3.8, 4) is 0 Å². The molecule has 1 amide bonds. The SMILES string of the molecule is C=C1CCCCC12Cc1ccccc1C(=O)N2c1ccccc1. The van der Waals surface area contributed by atoms with Crippen molar-refractivity contribution in [3.63, 3.8) is 0 Å². The van der Waals surface area contributed by atoms with Crippen LogP contribution in [0, 0.1) is 0 Å². The van der Waals surface area contributed by atoms with Gasteiger partial charge in [-0.15, -0.1) is 0 Å². The van der Waals surface area contributed by atoms with Gasteiger partial charge in [0.05, 0.1) is 5.54 Å².